The predicted molar refractivity (Wildman–Crippen MR) is 74.5 cm³/mol. The van der Waals surface area contributed by atoms with E-state index in [4.69, 9.17) is 16.3 Å². The Labute approximate surface area is 114 Å². The number of rotatable bonds is 3. The van der Waals surface area contributed by atoms with Crippen LogP contribution in [0.25, 0.3) is 10.9 Å². The molecule has 2 rings (SSSR count). The quantitative estimate of drug-likeness (QED) is 0.840. The zero-order chi connectivity index (χ0) is 12.4. The number of aryl methyl sites for hydroxylation is 1. The molecule has 0 saturated carbocycles. The highest BCUT2D eigenvalue weighted by atomic mass is 79.9. The summed E-state index contributed by atoms with van der Waals surface area (Å²) in [7, 11) is 1.65. The number of halogens is 2. The Kier molecular flexibility index (Phi) is 4.02. The lowest BCUT2D eigenvalue weighted by molar-refractivity contribution is 0.182. The molecule has 0 atom stereocenters. The van der Waals surface area contributed by atoms with Crippen LogP contribution in [0.5, 0.6) is 0 Å². The van der Waals surface area contributed by atoms with Gasteiger partial charge in [-0.05, 0) is 30.2 Å². The number of pyridine rings is 1. The van der Waals surface area contributed by atoms with Crippen molar-refractivity contribution in [1.82, 2.24) is 4.98 Å². The van der Waals surface area contributed by atoms with E-state index in [0.717, 1.165) is 32.5 Å². The Hall–Kier alpha value is -0.640. The molecule has 4 heteroatoms. The van der Waals surface area contributed by atoms with E-state index in [1.54, 1.807) is 7.11 Å². The lowest BCUT2D eigenvalue weighted by Crippen LogP contribution is -1.96. The van der Waals surface area contributed by atoms with Crippen molar-refractivity contribution in [2.45, 2.75) is 20.0 Å². The Bertz CT molecular complexity index is 557. The van der Waals surface area contributed by atoms with Gasteiger partial charge in [0, 0.05) is 17.0 Å². The number of hydrogen-bond donors (Lipinski definition) is 0. The fraction of sp³-hybridized carbons (Fsp3) is 0.308. The normalized spacial score (nSPS) is 11.1. The van der Waals surface area contributed by atoms with Crippen LogP contribution in [0.15, 0.2) is 22.7 Å². The van der Waals surface area contributed by atoms with E-state index in [0.29, 0.717) is 6.61 Å². The first-order valence-electron chi connectivity index (χ1n) is 5.42. The van der Waals surface area contributed by atoms with Crippen LogP contribution in [0.2, 0.25) is 5.02 Å². The summed E-state index contributed by atoms with van der Waals surface area (Å²) in [5, 5.41) is 1.70. The van der Waals surface area contributed by atoms with Crippen LogP contribution in [-0.4, -0.2) is 12.1 Å². The van der Waals surface area contributed by atoms with Gasteiger partial charge in [0.2, 0.25) is 0 Å². The van der Waals surface area contributed by atoms with Gasteiger partial charge >= 0.3 is 0 Å². The number of benzene rings is 1. The van der Waals surface area contributed by atoms with Gasteiger partial charge in [-0.1, -0.05) is 34.5 Å². The zero-order valence-corrected chi connectivity index (χ0v) is 12.1. The molecule has 0 amide bonds. The molecule has 0 bridgehead atoms. The lowest BCUT2D eigenvalue weighted by Gasteiger charge is -2.09. The third-order valence-corrected chi connectivity index (χ3v) is 3.40. The summed E-state index contributed by atoms with van der Waals surface area (Å²) in [6, 6.07) is 5.95. The van der Waals surface area contributed by atoms with Crippen LogP contribution in [0.4, 0.5) is 0 Å². The van der Waals surface area contributed by atoms with Gasteiger partial charge in [-0.25, -0.2) is 4.98 Å². The van der Waals surface area contributed by atoms with E-state index in [1.807, 2.05) is 12.1 Å². The van der Waals surface area contributed by atoms with Crippen molar-refractivity contribution in [3.05, 3.63) is 39.0 Å². The van der Waals surface area contributed by atoms with Gasteiger partial charge in [0.25, 0.3) is 0 Å². The minimum absolute atomic E-state index is 0.481. The molecule has 0 radical (unpaired) electrons. The molecule has 0 fully saturated rings. The summed E-state index contributed by atoms with van der Waals surface area (Å²) in [6.07, 6.45) is 0.926. The van der Waals surface area contributed by atoms with Crippen molar-refractivity contribution in [2.75, 3.05) is 7.11 Å². The third-order valence-electron chi connectivity index (χ3n) is 2.63. The Balaban J connectivity index is 2.72. The van der Waals surface area contributed by atoms with Crippen molar-refractivity contribution < 1.29 is 4.74 Å². The Morgan fingerprint density at radius 1 is 1.35 bits per heavy atom. The molecule has 17 heavy (non-hydrogen) atoms. The molecule has 0 aliphatic carbocycles. The van der Waals surface area contributed by atoms with Crippen molar-refractivity contribution in [2.24, 2.45) is 0 Å². The maximum Gasteiger partial charge on any atom is 0.0884 e. The van der Waals surface area contributed by atoms with Crippen molar-refractivity contribution >= 4 is 38.4 Å². The summed E-state index contributed by atoms with van der Waals surface area (Å²) < 4.78 is 6.13. The van der Waals surface area contributed by atoms with E-state index in [9.17, 15) is 0 Å². The van der Waals surface area contributed by atoms with E-state index >= 15 is 0 Å². The molecule has 0 aliphatic heterocycles. The average Bonchev–Trinajstić information content (AvgIpc) is 2.30. The molecule has 1 aromatic heterocycles. The topological polar surface area (TPSA) is 22.1 Å². The second-order valence-corrected chi connectivity index (χ2v) is 5.17. The number of methoxy groups -OCH3 is 1. The first-order chi connectivity index (χ1) is 8.15. The van der Waals surface area contributed by atoms with Gasteiger partial charge in [-0.3, -0.25) is 0 Å². The van der Waals surface area contributed by atoms with Gasteiger partial charge < -0.3 is 4.74 Å². The maximum atomic E-state index is 6.28. The molecule has 0 saturated heterocycles. The van der Waals surface area contributed by atoms with Crippen molar-refractivity contribution in [3.63, 3.8) is 0 Å². The highest BCUT2D eigenvalue weighted by Gasteiger charge is 2.09. The van der Waals surface area contributed by atoms with Crippen LogP contribution in [0, 0.1) is 0 Å². The molecule has 0 spiro atoms. The number of hydrogen-bond acceptors (Lipinski definition) is 2. The first-order valence-corrected chi connectivity index (χ1v) is 6.59. The average molecular weight is 315 g/mol. The molecular weight excluding hydrogens is 302 g/mol. The highest BCUT2D eigenvalue weighted by molar-refractivity contribution is 9.10. The monoisotopic (exact) mass is 313 g/mol. The lowest BCUT2D eigenvalue weighted by atomic mass is 10.1. The minimum Gasteiger partial charge on any atom is -0.378 e. The smallest absolute Gasteiger partial charge is 0.0884 e. The van der Waals surface area contributed by atoms with Gasteiger partial charge in [0.15, 0.2) is 0 Å². The van der Waals surface area contributed by atoms with E-state index in [2.05, 4.69) is 33.9 Å². The Morgan fingerprint density at radius 2 is 2.12 bits per heavy atom. The molecule has 1 heterocycles. The summed E-state index contributed by atoms with van der Waals surface area (Å²) >= 11 is 9.78. The van der Waals surface area contributed by atoms with Crippen LogP contribution in [0.1, 0.15) is 18.2 Å². The summed E-state index contributed by atoms with van der Waals surface area (Å²) in [5.41, 5.74) is 3.02. The second kappa shape index (κ2) is 5.34. The van der Waals surface area contributed by atoms with Crippen molar-refractivity contribution in [1.29, 1.82) is 0 Å². The maximum absolute atomic E-state index is 6.28. The van der Waals surface area contributed by atoms with Crippen LogP contribution < -0.4 is 0 Å². The van der Waals surface area contributed by atoms with E-state index < -0.39 is 0 Å². The fourth-order valence-corrected chi connectivity index (χ4v) is 2.64. The SMILES string of the molecule is CCc1cc(Br)cc2c(Cl)cc(COC)nc12. The van der Waals surface area contributed by atoms with Crippen LogP contribution >= 0.6 is 27.5 Å². The van der Waals surface area contributed by atoms with Gasteiger partial charge in [-0.15, -0.1) is 0 Å². The molecule has 0 unspecified atom stereocenters. The Morgan fingerprint density at radius 3 is 2.76 bits per heavy atom. The zero-order valence-electron chi connectivity index (χ0n) is 9.76. The molecular formula is C13H13BrClNO. The number of aromatic nitrogens is 1. The number of nitrogens with zero attached hydrogens (tertiary/aromatic N) is 1. The molecule has 1 aromatic carbocycles. The predicted octanol–water partition coefficient (Wildman–Crippen LogP) is 4.36. The van der Waals surface area contributed by atoms with Gasteiger partial charge in [0.1, 0.15) is 0 Å². The summed E-state index contributed by atoms with van der Waals surface area (Å²) in [5.74, 6) is 0. The molecule has 0 N–H and O–H groups in total. The summed E-state index contributed by atoms with van der Waals surface area (Å²) in [6.45, 7) is 2.59. The highest BCUT2D eigenvalue weighted by Crippen LogP contribution is 2.29. The van der Waals surface area contributed by atoms with Gasteiger partial charge in [0.05, 0.1) is 22.8 Å². The minimum atomic E-state index is 0.481. The van der Waals surface area contributed by atoms with Crippen molar-refractivity contribution in [3.8, 4) is 0 Å². The summed E-state index contributed by atoms with van der Waals surface area (Å²) in [4.78, 5) is 4.61. The molecule has 2 aromatic rings. The number of fused-ring (bicyclic) bond motifs is 1. The van der Waals surface area contributed by atoms with Crippen LogP contribution in [0.3, 0.4) is 0 Å². The van der Waals surface area contributed by atoms with E-state index in [-0.39, 0.29) is 0 Å². The second-order valence-electron chi connectivity index (χ2n) is 3.84. The molecule has 0 aliphatic rings. The molecule has 90 valence electrons. The van der Waals surface area contributed by atoms with Gasteiger partial charge in [-0.2, -0.15) is 0 Å². The van der Waals surface area contributed by atoms with E-state index in [1.165, 1.54) is 5.56 Å². The standard InChI is InChI=1S/C13H13BrClNO/c1-3-8-4-9(14)5-11-12(15)6-10(7-17-2)16-13(8)11/h4-6H,3,7H2,1-2H3. The number of ether oxygens (including phenoxy) is 1. The first kappa shape index (κ1) is 12.8. The largest absolute Gasteiger partial charge is 0.378 e. The molecule has 2 nitrogen and oxygen atoms in total. The fourth-order valence-electron chi connectivity index (χ4n) is 1.86. The third kappa shape index (κ3) is 2.62. The van der Waals surface area contributed by atoms with Crippen LogP contribution in [-0.2, 0) is 17.8 Å².